The molecule has 4 rings (SSSR count). The maximum absolute atomic E-state index is 14.5. The lowest BCUT2D eigenvalue weighted by Gasteiger charge is -2.37. The van der Waals surface area contributed by atoms with E-state index < -0.39 is 23.2 Å². The number of nitriles is 1. The number of halogens is 4. The highest BCUT2D eigenvalue weighted by Gasteiger charge is 2.59. The first kappa shape index (κ1) is 28.4. The number of benzene rings is 3. The van der Waals surface area contributed by atoms with Crippen LogP contribution in [-0.2, 0) is 16.8 Å². The number of nitrogens with one attached hydrogen (secondary N) is 2. The molecule has 0 saturated carbocycles. The van der Waals surface area contributed by atoms with Crippen molar-refractivity contribution in [2.24, 2.45) is 5.41 Å². The van der Waals surface area contributed by atoms with E-state index in [2.05, 4.69) is 37.5 Å². The van der Waals surface area contributed by atoms with E-state index in [9.17, 15) is 14.4 Å². The average molecular weight is 573 g/mol. The van der Waals surface area contributed by atoms with E-state index in [4.69, 9.17) is 34.8 Å². The van der Waals surface area contributed by atoms with E-state index in [1.807, 2.05) is 24.3 Å². The average Bonchev–Trinajstić information content (AvgIpc) is 3.18. The summed E-state index contributed by atoms with van der Waals surface area (Å²) in [5.74, 6) is -1.51. The molecule has 3 aromatic rings. The zero-order chi connectivity index (χ0) is 27.7. The summed E-state index contributed by atoms with van der Waals surface area (Å²) in [6.07, 6.45) is 0.618. The van der Waals surface area contributed by atoms with E-state index in [1.54, 1.807) is 36.4 Å². The van der Waals surface area contributed by atoms with Crippen molar-refractivity contribution in [3.8, 4) is 6.07 Å². The van der Waals surface area contributed by atoms with Gasteiger partial charge in [0.25, 0.3) is 0 Å². The Morgan fingerprint density at radius 3 is 2.37 bits per heavy atom. The van der Waals surface area contributed by atoms with Crippen LogP contribution < -0.4 is 10.6 Å². The molecule has 1 heterocycles. The number of hydrogen-bond acceptors (Lipinski definition) is 3. The zero-order valence-corrected chi connectivity index (χ0v) is 23.6. The van der Waals surface area contributed by atoms with E-state index in [1.165, 1.54) is 6.07 Å². The maximum atomic E-state index is 14.5. The zero-order valence-electron chi connectivity index (χ0n) is 21.4. The predicted molar refractivity (Wildman–Crippen MR) is 151 cm³/mol. The smallest absolute Gasteiger partial charge is 0.238 e. The molecular weight excluding hydrogens is 544 g/mol. The fourth-order valence-electron chi connectivity index (χ4n) is 5.43. The van der Waals surface area contributed by atoms with Crippen molar-refractivity contribution in [1.29, 1.82) is 5.26 Å². The number of carbonyl (C=O) groups excluding carboxylic acids is 1. The number of amides is 1. The molecule has 8 heteroatoms. The Balaban J connectivity index is 1.82. The molecule has 0 bridgehead atoms. The second-order valence-corrected chi connectivity index (χ2v) is 12.2. The molecule has 1 aliphatic heterocycles. The summed E-state index contributed by atoms with van der Waals surface area (Å²) in [4.78, 5) is 13.8. The Hall–Kier alpha value is -2.62. The van der Waals surface area contributed by atoms with Crippen molar-refractivity contribution >= 4 is 40.7 Å². The van der Waals surface area contributed by atoms with Gasteiger partial charge in [-0.1, -0.05) is 92.0 Å². The number of carbonyl (C=O) groups is 1. The highest BCUT2D eigenvalue weighted by Crippen LogP contribution is 2.51. The topological polar surface area (TPSA) is 64.9 Å². The van der Waals surface area contributed by atoms with Gasteiger partial charge >= 0.3 is 0 Å². The summed E-state index contributed by atoms with van der Waals surface area (Å²) < 4.78 is 14.5. The lowest BCUT2D eigenvalue weighted by atomic mass is 9.63. The molecule has 0 spiro atoms. The van der Waals surface area contributed by atoms with Crippen molar-refractivity contribution in [2.45, 2.75) is 57.2 Å². The van der Waals surface area contributed by atoms with Gasteiger partial charge in [-0.2, -0.15) is 5.26 Å². The Kier molecular flexibility index (Phi) is 8.40. The van der Waals surface area contributed by atoms with E-state index in [-0.39, 0.29) is 34.5 Å². The highest BCUT2D eigenvalue weighted by molar-refractivity contribution is 6.31. The predicted octanol–water partition coefficient (Wildman–Crippen LogP) is 7.42. The Morgan fingerprint density at radius 2 is 1.74 bits per heavy atom. The summed E-state index contributed by atoms with van der Waals surface area (Å²) in [5, 5.41) is 18.3. The molecule has 4 nitrogen and oxygen atoms in total. The number of rotatable bonds is 6. The maximum Gasteiger partial charge on any atom is 0.238 e. The first-order valence-corrected chi connectivity index (χ1v) is 13.5. The molecule has 4 atom stereocenters. The van der Waals surface area contributed by atoms with Crippen molar-refractivity contribution in [3.63, 3.8) is 0 Å². The van der Waals surface area contributed by atoms with Crippen LogP contribution in [0.2, 0.25) is 15.1 Å². The number of hydrogen-bond donors (Lipinski definition) is 2. The third-order valence-electron chi connectivity index (χ3n) is 7.05. The fraction of sp³-hybridized carbons (Fsp3) is 0.333. The van der Waals surface area contributed by atoms with Crippen molar-refractivity contribution in [2.75, 3.05) is 0 Å². The summed E-state index contributed by atoms with van der Waals surface area (Å²) in [6.45, 7) is 6.25. The van der Waals surface area contributed by atoms with Gasteiger partial charge in [-0.15, -0.1) is 0 Å². The molecule has 3 aromatic carbocycles. The first-order valence-electron chi connectivity index (χ1n) is 12.4. The van der Waals surface area contributed by atoms with Crippen LogP contribution in [0.1, 0.15) is 49.8 Å². The van der Waals surface area contributed by atoms with Gasteiger partial charge in [0.2, 0.25) is 5.91 Å². The lowest BCUT2D eigenvalue weighted by Crippen LogP contribution is -2.45. The summed E-state index contributed by atoms with van der Waals surface area (Å²) in [6, 6.07) is 20.6. The molecule has 1 fully saturated rings. The third kappa shape index (κ3) is 5.70. The van der Waals surface area contributed by atoms with Crippen LogP contribution in [0.3, 0.4) is 0 Å². The van der Waals surface area contributed by atoms with Crippen LogP contribution in [0.5, 0.6) is 0 Å². The fourth-order valence-corrected chi connectivity index (χ4v) is 5.95. The quantitative estimate of drug-likeness (QED) is 0.323. The minimum atomic E-state index is -1.12. The standard InChI is InChI=1S/C30H29Cl3FN3O/c1-29(2,3)15-24-30(17-35,20-10-12-21(31)13-11-20)25(18-6-4-8-22(32)14-18)27(37-24)28(38)36-16-19-7-5-9-23(33)26(19)34/h4-14,24-25,27,37H,15-16H2,1-3H3,(H,36,38)/t24-,25-,27+,30-/m0/s1. The normalized spacial score (nSPS) is 23.2. The minimum absolute atomic E-state index is 0.0102. The Labute approximate surface area is 238 Å². The van der Waals surface area contributed by atoms with Gasteiger partial charge in [-0.05, 0) is 53.3 Å². The third-order valence-corrected chi connectivity index (χ3v) is 7.83. The number of nitrogens with zero attached hydrogens (tertiary/aromatic N) is 1. The van der Waals surface area contributed by atoms with E-state index >= 15 is 0 Å². The molecule has 38 heavy (non-hydrogen) atoms. The van der Waals surface area contributed by atoms with E-state index in [0.29, 0.717) is 16.5 Å². The van der Waals surface area contributed by atoms with Crippen LogP contribution in [-0.4, -0.2) is 18.0 Å². The van der Waals surface area contributed by atoms with Crippen molar-refractivity contribution in [3.05, 3.63) is 104 Å². The van der Waals surface area contributed by atoms with Gasteiger partial charge < -0.3 is 10.6 Å². The van der Waals surface area contributed by atoms with Gasteiger partial charge in [0.05, 0.1) is 17.1 Å². The first-order chi connectivity index (χ1) is 18.0. The molecule has 1 aliphatic rings. The van der Waals surface area contributed by atoms with Gasteiger partial charge in [0.1, 0.15) is 11.2 Å². The summed E-state index contributed by atoms with van der Waals surface area (Å²) >= 11 is 18.5. The molecule has 1 saturated heterocycles. The minimum Gasteiger partial charge on any atom is -0.351 e. The summed E-state index contributed by atoms with van der Waals surface area (Å²) in [5.41, 5.74) is 0.518. The van der Waals surface area contributed by atoms with Crippen LogP contribution in [0, 0.1) is 22.6 Å². The molecule has 198 valence electrons. The van der Waals surface area contributed by atoms with Crippen LogP contribution in [0.15, 0.2) is 66.7 Å². The van der Waals surface area contributed by atoms with Gasteiger partial charge in [-0.3, -0.25) is 4.79 Å². The second-order valence-electron chi connectivity index (χ2n) is 10.9. The second kappa shape index (κ2) is 11.2. The highest BCUT2D eigenvalue weighted by atomic mass is 35.5. The van der Waals surface area contributed by atoms with Crippen molar-refractivity contribution in [1.82, 2.24) is 10.6 Å². The van der Waals surface area contributed by atoms with Crippen molar-refractivity contribution < 1.29 is 9.18 Å². The van der Waals surface area contributed by atoms with Gasteiger partial charge in [0, 0.05) is 34.1 Å². The van der Waals surface area contributed by atoms with Crippen LogP contribution in [0.4, 0.5) is 4.39 Å². The molecule has 0 radical (unpaired) electrons. The van der Waals surface area contributed by atoms with E-state index in [0.717, 1.165) is 11.1 Å². The Bertz CT molecular complexity index is 1370. The summed E-state index contributed by atoms with van der Waals surface area (Å²) in [7, 11) is 0. The lowest BCUT2D eigenvalue weighted by molar-refractivity contribution is -0.123. The van der Waals surface area contributed by atoms with Gasteiger partial charge in [0.15, 0.2) is 0 Å². The molecule has 1 amide bonds. The van der Waals surface area contributed by atoms with Gasteiger partial charge in [-0.25, -0.2) is 4.39 Å². The SMILES string of the molecule is CC(C)(C)C[C@@H]1N[C@@H](C(=O)NCc2cccc(Cl)c2F)[C@H](c2cccc(Cl)c2)[C@@]1(C#N)c1ccc(Cl)cc1. The van der Waals surface area contributed by atoms with Crippen LogP contribution >= 0.6 is 34.8 Å². The van der Waals surface area contributed by atoms with Crippen LogP contribution in [0.25, 0.3) is 0 Å². The molecule has 2 N–H and O–H groups in total. The monoisotopic (exact) mass is 571 g/mol. The molecule has 0 aromatic heterocycles. The largest absolute Gasteiger partial charge is 0.351 e. The Morgan fingerprint density at radius 1 is 1.05 bits per heavy atom. The molecule has 0 unspecified atom stereocenters. The molecular formula is C30H29Cl3FN3O. The molecule has 0 aliphatic carbocycles.